The van der Waals surface area contributed by atoms with Crippen LogP contribution in [0.5, 0.6) is 0 Å². The van der Waals surface area contributed by atoms with Gasteiger partial charge in [0.15, 0.2) is 5.65 Å². The summed E-state index contributed by atoms with van der Waals surface area (Å²) in [6, 6.07) is 9.54. The molecule has 136 valence electrons. The van der Waals surface area contributed by atoms with Crippen molar-refractivity contribution < 1.29 is 0 Å². The lowest BCUT2D eigenvalue weighted by Gasteiger charge is -2.24. The number of halogens is 2. The Balaban J connectivity index is 1.76. The Morgan fingerprint density at radius 3 is 2.73 bits per heavy atom. The van der Waals surface area contributed by atoms with Crippen molar-refractivity contribution in [3.05, 3.63) is 56.4 Å². The van der Waals surface area contributed by atoms with Crippen molar-refractivity contribution in [2.75, 3.05) is 25.0 Å². The van der Waals surface area contributed by atoms with Crippen LogP contribution in [0.25, 0.3) is 11.2 Å². The first-order chi connectivity index (χ1) is 12.5. The fraction of sp³-hybridized carbons (Fsp3) is 0.333. The van der Waals surface area contributed by atoms with E-state index in [2.05, 4.69) is 15.2 Å². The van der Waals surface area contributed by atoms with Crippen LogP contribution in [0.2, 0.25) is 10.0 Å². The third-order valence-corrected chi connectivity index (χ3v) is 5.63. The Morgan fingerprint density at radius 1 is 1.27 bits per heavy atom. The molecule has 6 nitrogen and oxygen atoms in total. The van der Waals surface area contributed by atoms with Gasteiger partial charge >= 0.3 is 5.69 Å². The van der Waals surface area contributed by atoms with Crippen LogP contribution in [-0.2, 0) is 6.54 Å². The average molecular weight is 392 g/mol. The van der Waals surface area contributed by atoms with Crippen LogP contribution in [-0.4, -0.2) is 40.7 Å². The molecule has 2 N–H and O–H groups in total. The number of benzene rings is 1. The van der Waals surface area contributed by atoms with Crippen LogP contribution in [0.1, 0.15) is 12.0 Å². The quantitative estimate of drug-likeness (QED) is 0.717. The summed E-state index contributed by atoms with van der Waals surface area (Å²) in [6.45, 7) is 2.21. The Kier molecular flexibility index (Phi) is 4.65. The molecule has 4 rings (SSSR count). The number of nitrogens with one attached hydrogen (secondary N) is 2. The Bertz CT molecular complexity index is 986. The van der Waals surface area contributed by atoms with Gasteiger partial charge in [-0.15, -0.1) is 0 Å². The van der Waals surface area contributed by atoms with Gasteiger partial charge in [-0.05, 0) is 37.2 Å². The number of H-pyrrole nitrogens is 1. The minimum atomic E-state index is -0.231. The Morgan fingerprint density at radius 2 is 2.04 bits per heavy atom. The summed E-state index contributed by atoms with van der Waals surface area (Å²) in [5.74, 6) is 0.837. The van der Waals surface area contributed by atoms with Crippen molar-refractivity contribution in [1.82, 2.24) is 19.9 Å². The van der Waals surface area contributed by atoms with Gasteiger partial charge in [-0.25, -0.2) is 9.78 Å². The highest BCUT2D eigenvalue weighted by molar-refractivity contribution is 6.36. The predicted molar refractivity (Wildman–Crippen MR) is 106 cm³/mol. The van der Waals surface area contributed by atoms with Gasteiger partial charge in [0.2, 0.25) is 0 Å². The summed E-state index contributed by atoms with van der Waals surface area (Å²) in [4.78, 5) is 22.2. The molecule has 3 aromatic rings. The number of aromatic nitrogens is 3. The molecule has 1 aliphatic rings. The smallest absolute Gasteiger partial charge is 0.327 e. The van der Waals surface area contributed by atoms with Crippen LogP contribution < -0.4 is 15.9 Å². The zero-order valence-electron chi connectivity index (χ0n) is 14.3. The highest BCUT2D eigenvalue weighted by Crippen LogP contribution is 2.26. The Labute approximate surface area is 160 Å². The van der Waals surface area contributed by atoms with E-state index in [0.29, 0.717) is 32.8 Å². The molecule has 1 saturated heterocycles. The molecule has 8 heteroatoms. The number of hydrogen-bond donors (Lipinski definition) is 2. The molecular formula is C18H19Cl2N5O. The number of aromatic amines is 1. The van der Waals surface area contributed by atoms with Crippen molar-refractivity contribution in [1.29, 1.82) is 0 Å². The molecule has 0 bridgehead atoms. The summed E-state index contributed by atoms with van der Waals surface area (Å²) >= 11 is 12.5. The summed E-state index contributed by atoms with van der Waals surface area (Å²) in [6.07, 6.45) is 1.07. The van der Waals surface area contributed by atoms with E-state index in [9.17, 15) is 4.79 Å². The van der Waals surface area contributed by atoms with Crippen molar-refractivity contribution in [3.8, 4) is 0 Å². The van der Waals surface area contributed by atoms with E-state index in [4.69, 9.17) is 28.2 Å². The highest BCUT2D eigenvalue weighted by atomic mass is 35.5. The molecule has 1 atom stereocenters. The third-order valence-electron chi connectivity index (χ3n) is 4.92. The fourth-order valence-electron chi connectivity index (χ4n) is 3.36. The number of rotatable bonds is 4. The number of hydrogen-bond acceptors (Lipinski definition) is 4. The van der Waals surface area contributed by atoms with Crippen molar-refractivity contribution >= 4 is 40.2 Å². The molecular weight excluding hydrogens is 373 g/mol. The van der Waals surface area contributed by atoms with Crippen molar-refractivity contribution in [2.45, 2.75) is 19.0 Å². The summed E-state index contributed by atoms with van der Waals surface area (Å²) in [7, 11) is 2.03. The number of nitrogens with zero attached hydrogens (tertiary/aromatic N) is 3. The van der Waals surface area contributed by atoms with Crippen LogP contribution in [0, 0.1) is 0 Å². The van der Waals surface area contributed by atoms with E-state index < -0.39 is 0 Å². The molecule has 3 heterocycles. The van der Waals surface area contributed by atoms with E-state index in [1.165, 1.54) is 0 Å². The van der Waals surface area contributed by atoms with Gasteiger partial charge in [0.25, 0.3) is 0 Å². The number of anilines is 1. The zero-order chi connectivity index (χ0) is 18.3. The molecule has 0 saturated carbocycles. The van der Waals surface area contributed by atoms with Gasteiger partial charge in [-0.1, -0.05) is 29.3 Å². The first-order valence-corrected chi connectivity index (χ1v) is 9.26. The van der Waals surface area contributed by atoms with Gasteiger partial charge in [-0.2, -0.15) is 0 Å². The molecule has 1 aromatic carbocycles. The van der Waals surface area contributed by atoms with Crippen LogP contribution >= 0.6 is 23.2 Å². The SMILES string of the molecule is CN(c1ccc2[nH]c(=O)n(Cc3c(Cl)cccc3Cl)c2n1)[C@@H]1CCNC1. The molecule has 26 heavy (non-hydrogen) atoms. The lowest BCUT2D eigenvalue weighted by Crippen LogP contribution is -2.33. The molecule has 0 spiro atoms. The number of fused-ring (bicyclic) bond motifs is 1. The zero-order valence-corrected chi connectivity index (χ0v) is 15.8. The fourth-order valence-corrected chi connectivity index (χ4v) is 3.88. The van der Waals surface area contributed by atoms with Crippen molar-refractivity contribution in [2.24, 2.45) is 0 Å². The summed E-state index contributed by atoms with van der Waals surface area (Å²) in [5, 5.41) is 4.42. The molecule has 0 unspecified atom stereocenters. The van der Waals surface area contributed by atoms with Crippen LogP contribution in [0.4, 0.5) is 5.82 Å². The second-order valence-electron chi connectivity index (χ2n) is 6.51. The maximum absolute atomic E-state index is 12.5. The van der Waals surface area contributed by atoms with Crippen molar-refractivity contribution in [3.63, 3.8) is 0 Å². The van der Waals surface area contributed by atoms with E-state index >= 15 is 0 Å². The van der Waals surface area contributed by atoms with Gasteiger partial charge in [-0.3, -0.25) is 4.57 Å². The normalized spacial score (nSPS) is 17.1. The maximum Gasteiger partial charge on any atom is 0.327 e. The first-order valence-electron chi connectivity index (χ1n) is 8.50. The molecule has 2 aromatic heterocycles. The standard InChI is InChI=1S/C18H19Cl2N5O/c1-24(11-7-8-21-9-11)16-6-5-15-17(23-16)25(18(26)22-15)10-12-13(19)3-2-4-14(12)20/h2-6,11,21H,7-10H2,1H3,(H,22,26)/t11-/m1/s1. The minimum Gasteiger partial charge on any atom is -0.355 e. The lowest BCUT2D eigenvalue weighted by atomic mass is 10.2. The Hall–Kier alpha value is -2.02. The monoisotopic (exact) mass is 391 g/mol. The topological polar surface area (TPSA) is 66.0 Å². The first kappa shape index (κ1) is 17.4. The van der Waals surface area contributed by atoms with Crippen LogP contribution in [0.3, 0.4) is 0 Å². The minimum absolute atomic E-state index is 0.231. The number of imidazole rings is 1. The predicted octanol–water partition coefficient (Wildman–Crippen LogP) is 2.88. The third kappa shape index (κ3) is 3.09. The summed E-state index contributed by atoms with van der Waals surface area (Å²) < 4.78 is 1.58. The van der Waals surface area contributed by atoms with E-state index in [-0.39, 0.29) is 12.2 Å². The second-order valence-corrected chi connectivity index (χ2v) is 7.33. The van der Waals surface area contributed by atoms with E-state index in [1.54, 1.807) is 22.8 Å². The van der Waals surface area contributed by atoms with Gasteiger partial charge in [0.1, 0.15) is 5.82 Å². The molecule has 1 fully saturated rings. The molecule has 0 amide bonds. The lowest BCUT2D eigenvalue weighted by molar-refractivity contribution is 0.677. The second kappa shape index (κ2) is 6.95. The molecule has 0 aliphatic carbocycles. The highest BCUT2D eigenvalue weighted by Gasteiger charge is 2.21. The number of likely N-dealkylation sites (N-methyl/N-ethyl adjacent to an activating group) is 1. The molecule has 1 aliphatic heterocycles. The van der Waals surface area contributed by atoms with Gasteiger partial charge < -0.3 is 15.2 Å². The van der Waals surface area contributed by atoms with Crippen LogP contribution in [0.15, 0.2) is 35.1 Å². The molecule has 0 radical (unpaired) electrons. The largest absolute Gasteiger partial charge is 0.355 e. The van der Waals surface area contributed by atoms with E-state index in [0.717, 1.165) is 25.3 Å². The van der Waals surface area contributed by atoms with Gasteiger partial charge in [0, 0.05) is 35.2 Å². The van der Waals surface area contributed by atoms with E-state index in [1.807, 2.05) is 19.2 Å². The summed E-state index contributed by atoms with van der Waals surface area (Å²) in [5.41, 5.74) is 1.77. The maximum atomic E-state index is 12.5. The van der Waals surface area contributed by atoms with Gasteiger partial charge in [0.05, 0.1) is 12.1 Å². The number of pyridine rings is 1. The average Bonchev–Trinajstić information content (AvgIpc) is 3.25.